The molecular weight excluding hydrogens is 277 g/mol. The third kappa shape index (κ3) is 1.92. The van der Waals surface area contributed by atoms with Crippen LogP contribution in [0.2, 0.25) is 0 Å². The molecule has 0 aliphatic rings. The van der Waals surface area contributed by atoms with E-state index in [0.29, 0.717) is 3.57 Å². The summed E-state index contributed by atoms with van der Waals surface area (Å²) in [4.78, 5) is 0. The minimum atomic E-state index is -0.862. The minimum absolute atomic E-state index is 0.155. The van der Waals surface area contributed by atoms with E-state index in [9.17, 15) is 8.78 Å². The Kier molecular flexibility index (Phi) is 3.39. The molecule has 1 N–H and O–H groups in total. The van der Waals surface area contributed by atoms with Crippen molar-refractivity contribution < 1.29 is 13.9 Å². The third-order valence-electron chi connectivity index (χ3n) is 1.50. The Labute approximate surface area is 82.5 Å². The van der Waals surface area contributed by atoms with Gasteiger partial charge in [-0.15, -0.1) is 0 Å². The van der Waals surface area contributed by atoms with Gasteiger partial charge in [-0.05, 0) is 41.1 Å². The van der Waals surface area contributed by atoms with Crippen molar-refractivity contribution in [1.29, 1.82) is 0 Å². The molecule has 0 amide bonds. The highest BCUT2D eigenvalue weighted by molar-refractivity contribution is 14.1. The van der Waals surface area contributed by atoms with Gasteiger partial charge in [0.2, 0.25) is 0 Å². The van der Waals surface area contributed by atoms with E-state index in [0.717, 1.165) is 6.07 Å². The fourth-order valence-electron chi connectivity index (χ4n) is 0.910. The first-order chi connectivity index (χ1) is 5.66. The normalized spacial score (nSPS) is 10.3. The molecule has 1 rings (SSSR count). The van der Waals surface area contributed by atoms with Gasteiger partial charge in [0.15, 0.2) is 11.6 Å². The first-order valence-corrected chi connectivity index (χ1v) is 4.48. The Morgan fingerprint density at radius 3 is 2.58 bits per heavy atom. The molecule has 12 heavy (non-hydrogen) atoms. The van der Waals surface area contributed by atoms with Gasteiger partial charge in [0.25, 0.3) is 0 Å². The molecule has 0 bridgehead atoms. The maximum atomic E-state index is 13.0. The van der Waals surface area contributed by atoms with Gasteiger partial charge in [-0.3, -0.25) is 0 Å². The monoisotopic (exact) mass is 284 g/mol. The summed E-state index contributed by atoms with van der Waals surface area (Å²) in [6.07, 6.45) is 0.155. The highest BCUT2D eigenvalue weighted by Crippen LogP contribution is 2.18. The van der Waals surface area contributed by atoms with E-state index in [4.69, 9.17) is 5.11 Å². The first kappa shape index (κ1) is 9.85. The van der Waals surface area contributed by atoms with Crippen molar-refractivity contribution in [2.24, 2.45) is 0 Å². The Hall–Kier alpha value is -0.230. The lowest BCUT2D eigenvalue weighted by Crippen LogP contribution is -2.00. The van der Waals surface area contributed by atoms with Crippen molar-refractivity contribution in [3.63, 3.8) is 0 Å². The molecule has 1 aromatic carbocycles. The minimum Gasteiger partial charge on any atom is -0.396 e. The molecule has 1 nitrogen and oxygen atoms in total. The van der Waals surface area contributed by atoms with Crippen LogP contribution in [0.1, 0.15) is 5.56 Å². The number of benzene rings is 1. The average molecular weight is 284 g/mol. The van der Waals surface area contributed by atoms with E-state index in [1.54, 1.807) is 0 Å². The van der Waals surface area contributed by atoms with Gasteiger partial charge in [-0.1, -0.05) is 0 Å². The largest absolute Gasteiger partial charge is 0.396 e. The van der Waals surface area contributed by atoms with Crippen LogP contribution in [0.3, 0.4) is 0 Å². The zero-order chi connectivity index (χ0) is 9.14. The van der Waals surface area contributed by atoms with Crippen molar-refractivity contribution in [2.45, 2.75) is 6.42 Å². The Balaban J connectivity index is 3.14. The van der Waals surface area contributed by atoms with Crippen LogP contribution in [0, 0.1) is 15.2 Å². The standard InChI is InChI=1S/C8H7F2IO/c9-6-1-2-7(11)5(3-4-12)8(6)10/h1-2,12H,3-4H2. The Bertz CT molecular complexity index is 289. The van der Waals surface area contributed by atoms with E-state index in [2.05, 4.69) is 0 Å². The molecule has 4 heteroatoms. The second kappa shape index (κ2) is 4.13. The molecule has 0 saturated heterocycles. The summed E-state index contributed by atoms with van der Waals surface area (Å²) < 4.78 is 26.2. The summed E-state index contributed by atoms with van der Waals surface area (Å²) >= 11 is 1.91. The van der Waals surface area contributed by atoms with Crippen LogP contribution in [0.4, 0.5) is 8.78 Å². The maximum Gasteiger partial charge on any atom is 0.163 e. The van der Waals surface area contributed by atoms with Crippen LogP contribution in [0.25, 0.3) is 0 Å². The molecule has 0 unspecified atom stereocenters. The predicted octanol–water partition coefficient (Wildman–Crippen LogP) is 2.10. The summed E-state index contributed by atoms with van der Waals surface area (Å²) in [7, 11) is 0. The summed E-state index contributed by atoms with van der Waals surface area (Å²) in [6.45, 7) is -0.170. The molecule has 66 valence electrons. The topological polar surface area (TPSA) is 20.2 Å². The van der Waals surface area contributed by atoms with E-state index in [1.165, 1.54) is 6.07 Å². The highest BCUT2D eigenvalue weighted by atomic mass is 127. The lowest BCUT2D eigenvalue weighted by molar-refractivity contribution is 0.296. The van der Waals surface area contributed by atoms with Gasteiger partial charge >= 0.3 is 0 Å². The lowest BCUT2D eigenvalue weighted by Gasteiger charge is -2.04. The smallest absolute Gasteiger partial charge is 0.163 e. The van der Waals surface area contributed by atoms with Crippen molar-refractivity contribution in [2.75, 3.05) is 6.61 Å². The van der Waals surface area contributed by atoms with E-state index in [-0.39, 0.29) is 18.6 Å². The molecule has 0 fully saturated rings. The average Bonchev–Trinajstić information content (AvgIpc) is 2.06. The quantitative estimate of drug-likeness (QED) is 0.651. The Morgan fingerprint density at radius 2 is 2.00 bits per heavy atom. The van der Waals surface area contributed by atoms with E-state index >= 15 is 0 Å². The molecule has 0 atom stereocenters. The molecule has 0 aromatic heterocycles. The third-order valence-corrected chi connectivity index (χ3v) is 2.51. The Morgan fingerprint density at radius 1 is 1.33 bits per heavy atom. The van der Waals surface area contributed by atoms with Gasteiger partial charge in [0, 0.05) is 15.7 Å². The van der Waals surface area contributed by atoms with Gasteiger partial charge < -0.3 is 5.11 Å². The van der Waals surface area contributed by atoms with Gasteiger partial charge in [-0.2, -0.15) is 0 Å². The van der Waals surface area contributed by atoms with Crippen LogP contribution < -0.4 is 0 Å². The number of hydrogen-bond donors (Lipinski definition) is 1. The number of aliphatic hydroxyl groups is 1. The molecule has 0 aliphatic heterocycles. The van der Waals surface area contributed by atoms with Gasteiger partial charge in [0.05, 0.1) is 0 Å². The van der Waals surface area contributed by atoms with Gasteiger partial charge in [0.1, 0.15) is 0 Å². The van der Waals surface area contributed by atoms with Crippen molar-refractivity contribution in [1.82, 2.24) is 0 Å². The van der Waals surface area contributed by atoms with E-state index in [1.807, 2.05) is 22.6 Å². The predicted molar refractivity (Wildman–Crippen MR) is 49.9 cm³/mol. The number of halogens is 3. The first-order valence-electron chi connectivity index (χ1n) is 3.40. The molecule has 0 spiro atoms. The maximum absolute atomic E-state index is 13.0. The van der Waals surface area contributed by atoms with Crippen molar-refractivity contribution in [3.8, 4) is 0 Å². The summed E-state index contributed by atoms with van der Waals surface area (Å²) in [5.41, 5.74) is 0.248. The number of hydrogen-bond acceptors (Lipinski definition) is 1. The fraction of sp³-hybridized carbons (Fsp3) is 0.250. The summed E-state index contributed by atoms with van der Waals surface area (Å²) in [6, 6.07) is 2.57. The van der Waals surface area contributed by atoms with Crippen molar-refractivity contribution in [3.05, 3.63) is 32.9 Å². The van der Waals surface area contributed by atoms with Crippen LogP contribution in [-0.2, 0) is 6.42 Å². The summed E-state index contributed by atoms with van der Waals surface area (Å²) in [5, 5.41) is 8.57. The molecule has 0 aliphatic carbocycles. The zero-order valence-electron chi connectivity index (χ0n) is 6.15. The number of rotatable bonds is 2. The lowest BCUT2D eigenvalue weighted by atomic mass is 10.1. The second-order valence-corrected chi connectivity index (χ2v) is 3.46. The highest BCUT2D eigenvalue weighted by Gasteiger charge is 2.10. The molecule has 1 aromatic rings. The molecule has 0 radical (unpaired) electrons. The SMILES string of the molecule is OCCc1c(I)ccc(F)c1F. The zero-order valence-corrected chi connectivity index (χ0v) is 8.31. The molecular formula is C8H7F2IO. The van der Waals surface area contributed by atoms with E-state index < -0.39 is 11.6 Å². The fourth-order valence-corrected chi connectivity index (χ4v) is 1.60. The molecule has 0 heterocycles. The van der Waals surface area contributed by atoms with Crippen LogP contribution >= 0.6 is 22.6 Å². The summed E-state index contributed by atoms with van der Waals surface area (Å²) in [5.74, 6) is -1.71. The van der Waals surface area contributed by atoms with Gasteiger partial charge in [-0.25, -0.2) is 8.78 Å². The van der Waals surface area contributed by atoms with Crippen molar-refractivity contribution >= 4 is 22.6 Å². The number of aliphatic hydroxyl groups excluding tert-OH is 1. The van der Waals surface area contributed by atoms with Crippen LogP contribution in [-0.4, -0.2) is 11.7 Å². The van der Waals surface area contributed by atoms with Crippen LogP contribution in [0.5, 0.6) is 0 Å². The second-order valence-electron chi connectivity index (χ2n) is 2.30. The van der Waals surface area contributed by atoms with Crippen LogP contribution in [0.15, 0.2) is 12.1 Å². The molecule has 0 saturated carbocycles.